The van der Waals surface area contributed by atoms with Crippen LogP contribution in [0.4, 0.5) is 0 Å². The second-order valence-electron chi connectivity index (χ2n) is 5.59. The predicted molar refractivity (Wildman–Crippen MR) is 84.8 cm³/mol. The number of piperidine rings is 1. The van der Waals surface area contributed by atoms with E-state index in [1.807, 2.05) is 25.2 Å². The molecular weight excluding hydrogens is 288 g/mol. The topological polar surface area (TPSA) is 41.6 Å². The Bertz CT molecular complexity index is 481. The van der Waals surface area contributed by atoms with E-state index >= 15 is 0 Å². The third-order valence-corrected chi connectivity index (χ3v) is 4.24. The maximum atomic E-state index is 12.4. The number of nitrogens with zero attached hydrogens (tertiary/aromatic N) is 1. The molecular formula is C16H23ClN2O2. The lowest BCUT2D eigenvalue weighted by Gasteiger charge is -2.32. The van der Waals surface area contributed by atoms with E-state index in [0.717, 1.165) is 19.4 Å². The number of halogens is 1. The highest BCUT2D eigenvalue weighted by atomic mass is 35.5. The third-order valence-electron chi connectivity index (χ3n) is 3.93. The number of benzene rings is 1. The lowest BCUT2D eigenvalue weighted by Crippen LogP contribution is -2.51. The van der Waals surface area contributed by atoms with Crippen molar-refractivity contribution >= 4 is 17.5 Å². The van der Waals surface area contributed by atoms with Crippen LogP contribution >= 0.6 is 11.6 Å². The zero-order valence-corrected chi connectivity index (χ0v) is 13.4. The lowest BCUT2D eigenvalue weighted by atomic mass is 9.92. The minimum atomic E-state index is -0.0657. The minimum absolute atomic E-state index is 0.0657. The van der Waals surface area contributed by atoms with Crippen molar-refractivity contribution in [2.24, 2.45) is 5.92 Å². The first-order chi connectivity index (χ1) is 10.1. The van der Waals surface area contributed by atoms with Gasteiger partial charge in [-0.1, -0.05) is 30.7 Å². The van der Waals surface area contributed by atoms with Crippen molar-refractivity contribution in [3.8, 4) is 5.75 Å². The fourth-order valence-corrected chi connectivity index (χ4v) is 2.77. The maximum Gasteiger partial charge on any atom is 0.239 e. The molecule has 0 aromatic heterocycles. The number of nitrogens with one attached hydrogen (secondary N) is 1. The molecule has 0 saturated carbocycles. The smallest absolute Gasteiger partial charge is 0.239 e. The molecule has 116 valence electrons. The van der Waals surface area contributed by atoms with Gasteiger partial charge in [-0.2, -0.15) is 0 Å². The molecule has 1 N–H and O–H groups in total. The van der Waals surface area contributed by atoms with Crippen LogP contribution in [-0.2, 0) is 4.79 Å². The minimum Gasteiger partial charge on any atom is -0.490 e. The monoisotopic (exact) mass is 310 g/mol. The van der Waals surface area contributed by atoms with E-state index in [0.29, 0.717) is 29.8 Å². The van der Waals surface area contributed by atoms with Gasteiger partial charge in [-0.15, -0.1) is 0 Å². The van der Waals surface area contributed by atoms with E-state index in [1.165, 1.54) is 0 Å². The number of rotatable bonds is 5. The number of amides is 1. The molecule has 1 fully saturated rings. The molecule has 0 aliphatic carbocycles. The Morgan fingerprint density at radius 1 is 1.48 bits per heavy atom. The van der Waals surface area contributed by atoms with E-state index in [1.54, 1.807) is 11.0 Å². The number of carbonyl (C=O) groups excluding carboxylic acids is 1. The summed E-state index contributed by atoms with van der Waals surface area (Å²) in [6.07, 6.45) is 2.25. The van der Waals surface area contributed by atoms with Crippen molar-refractivity contribution in [2.75, 3.05) is 26.7 Å². The van der Waals surface area contributed by atoms with Crippen molar-refractivity contribution in [1.82, 2.24) is 10.2 Å². The summed E-state index contributed by atoms with van der Waals surface area (Å²) in [5.41, 5.74) is 0. The van der Waals surface area contributed by atoms with Crippen molar-refractivity contribution in [3.63, 3.8) is 0 Å². The van der Waals surface area contributed by atoms with Gasteiger partial charge in [0.2, 0.25) is 5.91 Å². The molecule has 5 heteroatoms. The number of para-hydroxylation sites is 1. The summed E-state index contributed by atoms with van der Waals surface area (Å²) in [6.45, 7) is 4.04. The summed E-state index contributed by atoms with van der Waals surface area (Å²) in [7, 11) is 1.82. The van der Waals surface area contributed by atoms with Crippen molar-refractivity contribution in [3.05, 3.63) is 29.3 Å². The van der Waals surface area contributed by atoms with Gasteiger partial charge >= 0.3 is 0 Å². The first-order valence-corrected chi connectivity index (χ1v) is 7.83. The average Bonchev–Trinajstić information content (AvgIpc) is 2.49. The molecule has 1 amide bonds. The second-order valence-corrected chi connectivity index (χ2v) is 6.00. The van der Waals surface area contributed by atoms with Crippen LogP contribution in [0.25, 0.3) is 0 Å². The van der Waals surface area contributed by atoms with Gasteiger partial charge < -0.3 is 15.0 Å². The maximum absolute atomic E-state index is 12.4. The quantitative estimate of drug-likeness (QED) is 0.909. The fourth-order valence-electron chi connectivity index (χ4n) is 2.58. The molecule has 4 nitrogen and oxygen atoms in total. The molecule has 1 aliphatic heterocycles. The molecule has 1 heterocycles. The van der Waals surface area contributed by atoms with Crippen LogP contribution in [0, 0.1) is 5.92 Å². The first kappa shape index (κ1) is 16.1. The summed E-state index contributed by atoms with van der Waals surface area (Å²) in [5.74, 6) is 1.19. The van der Waals surface area contributed by atoms with E-state index in [9.17, 15) is 4.79 Å². The van der Waals surface area contributed by atoms with Gasteiger partial charge in [-0.3, -0.25) is 4.79 Å². The lowest BCUT2D eigenvalue weighted by molar-refractivity contribution is -0.134. The van der Waals surface area contributed by atoms with Crippen LogP contribution in [0.5, 0.6) is 5.75 Å². The average molecular weight is 311 g/mol. The van der Waals surface area contributed by atoms with Gasteiger partial charge in [0.05, 0.1) is 17.6 Å². The van der Waals surface area contributed by atoms with Gasteiger partial charge in [0.15, 0.2) is 0 Å². The second kappa shape index (κ2) is 7.66. The normalized spacial score (nSPS) is 21.9. The zero-order valence-electron chi connectivity index (χ0n) is 12.6. The molecule has 0 radical (unpaired) electrons. The van der Waals surface area contributed by atoms with Crippen LogP contribution in [0.15, 0.2) is 24.3 Å². The standard InChI is InChI=1S/C16H23ClN2O2/c1-12-6-5-9-18-15(12)16(20)19(2)10-11-21-14-8-4-3-7-13(14)17/h3-4,7-8,12,15,18H,5-6,9-11H2,1-2H3. The fraction of sp³-hybridized carbons (Fsp3) is 0.562. The number of carbonyl (C=O) groups is 1. The highest BCUT2D eigenvalue weighted by Gasteiger charge is 2.29. The van der Waals surface area contributed by atoms with Crippen LogP contribution in [-0.4, -0.2) is 43.6 Å². The molecule has 1 aliphatic rings. The Morgan fingerprint density at radius 3 is 2.95 bits per heavy atom. The highest BCUT2D eigenvalue weighted by Crippen LogP contribution is 2.23. The molecule has 2 rings (SSSR count). The van der Waals surface area contributed by atoms with Crippen molar-refractivity contribution in [1.29, 1.82) is 0 Å². The number of likely N-dealkylation sites (N-methyl/N-ethyl adjacent to an activating group) is 1. The number of hydrogen-bond acceptors (Lipinski definition) is 3. The zero-order chi connectivity index (χ0) is 15.2. The number of ether oxygens (including phenoxy) is 1. The molecule has 21 heavy (non-hydrogen) atoms. The van der Waals surface area contributed by atoms with Gasteiger partial charge in [0.25, 0.3) is 0 Å². The molecule has 0 bridgehead atoms. The molecule has 1 saturated heterocycles. The van der Waals surface area contributed by atoms with E-state index in [-0.39, 0.29) is 11.9 Å². The van der Waals surface area contributed by atoms with Crippen LogP contribution in [0.2, 0.25) is 5.02 Å². The molecule has 2 unspecified atom stereocenters. The summed E-state index contributed by atoms with van der Waals surface area (Å²) >= 11 is 6.03. The molecule has 1 aromatic carbocycles. The Hall–Kier alpha value is -1.26. The molecule has 1 aromatic rings. The number of hydrogen-bond donors (Lipinski definition) is 1. The van der Waals surface area contributed by atoms with Crippen molar-refractivity contribution in [2.45, 2.75) is 25.8 Å². The van der Waals surface area contributed by atoms with Gasteiger partial charge in [-0.25, -0.2) is 0 Å². The van der Waals surface area contributed by atoms with Crippen LogP contribution in [0.1, 0.15) is 19.8 Å². The highest BCUT2D eigenvalue weighted by molar-refractivity contribution is 6.32. The third kappa shape index (κ3) is 4.35. The van der Waals surface area contributed by atoms with E-state index in [2.05, 4.69) is 12.2 Å². The first-order valence-electron chi connectivity index (χ1n) is 7.45. The Balaban J connectivity index is 1.80. The van der Waals surface area contributed by atoms with E-state index in [4.69, 9.17) is 16.3 Å². The van der Waals surface area contributed by atoms with Crippen molar-refractivity contribution < 1.29 is 9.53 Å². The van der Waals surface area contributed by atoms with Gasteiger partial charge in [-0.05, 0) is 37.4 Å². The van der Waals surface area contributed by atoms with E-state index < -0.39 is 0 Å². The largest absolute Gasteiger partial charge is 0.490 e. The summed E-state index contributed by atoms with van der Waals surface area (Å²) in [6, 6.07) is 7.29. The summed E-state index contributed by atoms with van der Waals surface area (Å²) < 4.78 is 5.63. The SMILES string of the molecule is CC1CCCNC1C(=O)N(C)CCOc1ccccc1Cl. The Morgan fingerprint density at radius 2 is 2.24 bits per heavy atom. The predicted octanol–water partition coefficient (Wildman–Crippen LogP) is 2.57. The summed E-state index contributed by atoms with van der Waals surface area (Å²) in [4.78, 5) is 14.1. The van der Waals surface area contributed by atoms with Crippen LogP contribution in [0.3, 0.4) is 0 Å². The van der Waals surface area contributed by atoms with Crippen LogP contribution < -0.4 is 10.1 Å². The Labute approximate surface area is 131 Å². The van der Waals surface area contributed by atoms with Gasteiger partial charge in [0, 0.05) is 7.05 Å². The summed E-state index contributed by atoms with van der Waals surface area (Å²) in [5, 5.41) is 3.91. The molecule has 2 atom stereocenters. The molecule has 0 spiro atoms. The Kier molecular flexibility index (Phi) is 5.88. The van der Waals surface area contributed by atoms with Gasteiger partial charge in [0.1, 0.15) is 12.4 Å².